The highest BCUT2D eigenvalue weighted by molar-refractivity contribution is 5.94. The summed E-state index contributed by atoms with van der Waals surface area (Å²) >= 11 is 0. The van der Waals surface area contributed by atoms with Gasteiger partial charge in [0.25, 0.3) is 5.56 Å². The van der Waals surface area contributed by atoms with Crippen LogP contribution in [-0.4, -0.2) is 15.8 Å². The van der Waals surface area contributed by atoms with Crippen LogP contribution in [0.3, 0.4) is 0 Å². The molecule has 0 aliphatic heterocycles. The Labute approximate surface area is 150 Å². The van der Waals surface area contributed by atoms with Crippen molar-refractivity contribution in [1.82, 2.24) is 9.97 Å². The van der Waals surface area contributed by atoms with Crippen molar-refractivity contribution < 1.29 is 26.7 Å². The zero-order valence-corrected chi connectivity index (χ0v) is 14.2. The standard InChI is InChI=1S/C18H15F5N2O2/c1-8(10-5-13(20)11(6-12(10)19)18(21,22)23)4-15(26)14-7-16(27)25-17(24-14)9-2-3-9/h5-9H,2-4H2,1H3,(H,24,25,27)/t8-/m0/s1. The van der Waals surface area contributed by atoms with E-state index in [2.05, 4.69) is 9.97 Å². The van der Waals surface area contributed by atoms with Crippen molar-refractivity contribution in [1.29, 1.82) is 0 Å². The number of carbonyl (C=O) groups is 1. The number of rotatable bonds is 5. The molecule has 1 heterocycles. The van der Waals surface area contributed by atoms with Gasteiger partial charge in [-0.1, -0.05) is 6.92 Å². The average Bonchev–Trinajstić information content (AvgIpc) is 3.39. The first-order chi connectivity index (χ1) is 12.6. The number of Topliss-reactive ketones (excluding diaryl/α,β-unsaturated/α-hetero) is 1. The van der Waals surface area contributed by atoms with E-state index in [9.17, 15) is 31.5 Å². The van der Waals surface area contributed by atoms with Crippen LogP contribution in [0.4, 0.5) is 22.0 Å². The van der Waals surface area contributed by atoms with Crippen LogP contribution in [0.15, 0.2) is 23.0 Å². The number of hydrogen-bond donors (Lipinski definition) is 1. The van der Waals surface area contributed by atoms with Crippen LogP contribution < -0.4 is 5.56 Å². The quantitative estimate of drug-likeness (QED) is 0.615. The molecule has 1 aliphatic carbocycles. The van der Waals surface area contributed by atoms with Gasteiger partial charge < -0.3 is 4.98 Å². The number of hydrogen-bond acceptors (Lipinski definition) is 3. The Kier molecular flexibility index (Phi) is 4.88. The Bertz CT molecular complexity index is 948. The summed E-state index contributed by atoms with van der Waals surface area (Å²) in [5.41, 5.74) is -2.64. The maximum Gasteiger partial charge on any atom is 0.419 e. The maximum atomic E-state index is 14.1. The fourth-order valence-electron chi connectivity index (χ4n) is 2.82. The molecule has 144 valence electrons. The Morgan fingerprint density at radius 2 is 1.89 bits per heavy atom. The van der Waals surface area contributed by atoms with Crippen molar-refractivity contribution in [2.45, 2.75) is 44.2 Å². The summed E-state index contributed by atoms with van der Waals surface area (Å²) in [6.45, 7) is 1.39. The van der Waals surface area contributed by atoms with Crippen LogP contribution in [0.2, 0.25) is 0 Å². The molecule has 0 unspecified atom stereocenters. The highest BCUT2D eigenvalue weighted by Gasteiger charge is 2.35. The minimum atomic E-state index is -5.02. The van der Waals surface area contributed by atoms with Crippen molar-refractivity contribution in [3.8, 4) is 0 Å². The van der Waals surface area contributed by atoms with Crippen LogP contribution in [0.5, 0.6) is 0 Å². The number of nitrogens with zero attached hydrogens (tertiary/aromatic N) is 1. The van der Waals surface area contributed by atoms with E-state index in [4.69, 9.17) is 0 Å². The number of H-pyrrole nitrogens is 1. The molecule has 0 spiro atoms. The van der Waals surface area contributed by atoms with Gasteiger partial charge in [-0.3, -0.25) is 9.59 Å². The Hall–Kier alpha value is -2.58. The minimum absolute atomic E-state index is 0.0856. The normalized spacial score (nSPS) is 15.6. The molecule has 1 atom stereocenters. The van der Waals surface area contributed by atoms with Gasteiger partial charge in [-0.2, -0.15) is 13.2 Å². The Balaban J connectivity index is 1.83. The number of carbonyl (C=O) groups excluding carboxylic acids is 1. The second-order valence-electron chi connectivity index (χ2n) is 6.67. The van der Waals surface area contributed by atoms with E-state index in [0.717, 1.165) is 18.9 Å². The molecule has 0 saturated heterocycles. The maximum absolute atomic E-state index is 14.1. The molecule has 3 rings (SSSR count). The monoisotopic (exact) mass is 386 g/mol. The molecule has 9 heteroatoms. The number of aromatic nitrogens is 2. The molecule has 1 aromatic heterocycles. The lowest BCUT2D eigenvalue weighted by atomic mass is 9.93. The number of ketones is 1. The summed E-state index contributed by atoms with van der Waals surface area (Å²) in [5.74, 6) is -3.82. The van der Waals surface area contributed by atoms with Gasteiger partial charge in [-0.15, -0.1) is 0 Å². The second-order valence-corrected chi connectivity index (χ2v) is 6.67. The van der Waals surface area contributed by atoms with E-state index >= 15 is 0 Å². The van der Waals surface area contributed by atoms with E-state index in [1.807, 2.05) is 0 Å². The third-order valence-electron chi connectivity index (χ3n) is 4.42. The van der Waals surface area contributed by atoms with Gasteiger partial charge in [0.05, 0.1) is 5.56 Å². The highest BCUT2D eigenvalue weighted by atomic mass is 19.4. The van der Waals surface area contributed by atoms with E-state index in [1.165, 1.54) is 6.92 Å². The van der Waals surface area contributed by atoms with Crippen LogP contribution in [0.25, 0.3) is 0 Å². The van der Waals surface area contributed by atoms with Crippen LogP contribution in [0, 0.1) is 11.6 Å². The lowest BCUT2D eigenvalue weighted by molar-refractivity contribution is -0.140. The Morgan fingerprint density at radius 3 is 2.48 bits per heavy atom. The SMILES string of the molecule is C[C@@H](CC(=O)c1cc(=O)[nH]c(C2CC2)n1)c1cc(F)c(C(F)(F)F)cc1F. The molecular weight excluding hydrogens is 371 g/mol. The molecule has 27 heavy (non-hydrogen) atoms. The summed E-state index contributed by atoms with van der Waals surface area (Å²) in [6, 6.07) is 1.56. The van der Waals surface area contributed by atoms with E-state index < -0.39 is 40.6 Å². The summed E-state index contributed by atoms with van der Waals surface area (Å²) in [5, 5.41) is 0. The molecule has 0 amide bonds. The van der Waals surface area contributed by atoms with E-state index in [0.29, 0.717) is 11.9 Å². The minimum Gasteiger partial charge on any atom is -0.310 e. The van der Waals surface area contributed by atoms with Crippen molar-refractivity contribution in [3.05, 3.63) is 62.8 Å². The second kappa shape index (κ2) is 6.86. The van der Waals surface area contributed by atoms with Crippen molar-refractivity contribution >= 4 is 5.78 Å². The summed E-state index contributed by atoms with van der Waals surface area (Å²) in [6.07, 6.45) is -3.64. The summed E-state index contributed by atoms with van der Waals surface area (Å²) in [4.78, 5) is 30.7. The molecule has 1 aromatic carbocycles. The predicted octanol–water partition coefficient (Wildman–Crippen LogP) is 4.32. The lowest BCUT2D eigenvalue weighted by Gasteiger charge is -2.15. The zero-order valence-electron chi connectivity index (χ0n) is 14.2. The predicted molar refractivity (Wildman–Crippen MR) is 85.6 cm³/mol. The van der Waals surface area contributed by atoms with E-state index in [-0.39, 0.29) is 29.7 Å². The van der Waals surface area contributed by atoms with Gasteiger partial charge in [-0.25, -0.2) is 13.8 Å². The van der Waals surface area contributed by atoms with Gasteiger partial charge in [0.15, 0.2) is 5.78 Å². The molecule has 2 aromatic rings. The van der Waals surface area contributed by atoms with Gasteiger partial charge in [0.1, 0.15) is 23.2 Å². The smallest absolute Gasteiger partial charge is 0.310 e. The lowest BCUT2D eigenvalue weighted by Crippen LogP contribution is -2.17. The van der Waals surface area contributed by atoms with Crippen LogP contribution in [0.1, 0.15) is 65.5 Å². The topological polar surface area (TPSA) is 62.8 Å². The molecule has 1 N–H and O–H groups in total. The molecule has 0 radical (unpaired) electrons. The van der Waals surface area contributed by atoms with Crippen molar-refractivity contribution in [3.63, 3.8) is 0 Å². The molecule has 1 saturated carbocycles. The largest absolute Gasteiger partial charge is 0.419 e. The third-order valence-corrected chi connectivity index (χ3v) is 4.42. The summed E-state index contributed by atoms with van der Waals surface area (Å²) < 4.78 is 65.7. The molecular formula is C18H15F5N2O2. The fraction of sp³-hybridized carbons (Fsp3) is 0.389. The number of aromatic amines is 1. The molecule has 0 bridgehead atoms. The van der Waals surface area contributed by atoms with Crippen LogP contribution in [-0.2, 0) is 6.18 Å². The van der Waals surface area contributed by atoms with Crippen molar-refractivity contribution in [2.24, 2.45) is 0 Å². The molecule has 1 fully saturated rings. The highest BCUT2D eigenvalue weighted by Crippen LogP contribution is 2.38. The molecule has 1 aliphatic rings. The number of benzene rings is 1. The number of halogens is 5. The molecule has 4 nitrogen and oxygen atoms in total. The third kappa shape index (κ3) is 4.23. The zero-order chi connectivity index (χ0) is 19.9. The summed E-state index contributed by atoms with van der Waals surface area (Å²) in [7, 11) is 0. The number of nitrogens with one attached hydrogen (secondary N) is 1. The fourth-order valence-corrected chi connectivity index (χ4v) is 2.82. The average molecular weight is 386 g/mol. The first kappa shape index (κ1) is 19.2. The first-order valence-corrected chi connectivity index (χ1v) is 8.27. The van der Waals surface area contributed by atoms with Crippen LogP contribution >= 0.6 is 0 Å². The Morgan fingerprint density at radius 1 is 1.22 bits per heavy atom. The van der Waals surface area contributed by atoms with Crippen molar-refractivity contribution in [2.75, 3.05) is 0 Å². The van der Waals surface area contributed by atoms with Gasteiger partial charge in [0, 0.05) is 18.4 Å². The first-order valence-electron chi connectivity index (χ1n) is 8.27. The van der Waals surface area contributed by atoms with Gasteiger partial charge in [-0.05, 0) is 36.5 Å². The van der Waals surface area contributed by atoms with E-state index in [1.54, 1.807) is 0 Å². The number of alkyl halides is 3. The van der Waals surface area contributed by atoms with Gasteiger partial charge in [0.2, 0.25) is 0 Å². The van der Waals surface area contributed by atoms with Gasteiger partial charge >= 0.3 is 6.18 Å².